The third kappa shape index (κ3) is 32.6. The van der Waals surface area contributed by atoms with Gasteiger partial charge in [-0.3, -0.25) is 18.7 Å². The molecule has 0 amide bonds. The molecule has 0 atom stereocenters. The van der Waals surface area contributed by atoms with Crippen molar-refractivity contribution in [2.75, 3.05) is 0 Å². The van der Waals surface area contributed by atoms with E-state index in [0.717, 1.165) is 13.8 Å². The van der Waals surface area contributed by atoms with E-state index in [1.165, 1.54) is 0 Å². The first-order chi connectivity index (χ1) is 6.52. The molecule has 0 saturated heterocycles. The average molecular weight is 244 g/mol. The Labute approximate surface area is 84.5 Å². The molecule has 88 valence electrons. The molecule has 0 heterocycles. The Hall–Kier alpha value is -1.52. The van der Waals surface area contributed by atoms with Gasteiger partial charge in [0.15, 0.2) is 0 Å². The van der Waals surface area contributed by atoms with Gasteiger partial charge in [-0.2, -0.15) is 8.42 Å². The summed E-state index contributed by atoms with van der Waals surface area (Å²) in [5, 5.41) is 0. The average Bonchev–Trinajstić information content (AvgIpc) is 1.76. The van der Waals surface area contributed by atoms with Crippen LogP contribution in [-0.4, -0.2) is 35.6 Å². The molecule has 9 nitrogen and oxygen atoms in total. The van der Waals surface area contributed by atoms with Crippen molar-refractivity contribution in [2.24, 2.45) is 0 Å². The lowest BCUT2D eigenvalue weighted by Crippen LogP contribution is -2.13. The number of hydrogen-bond donors (Lipinski definition) is 2. The highest BCUT2D eigenvalue weighted by molar-refractivity contribution is 7.79. The van der Waals surface area contributed by atoms with Gasteiger partial charge in [-0.1, -0.05) is 0 Å². The first-order valence-electron chi connectivity index (χ1n) is 3.13. The van der Waals surface area contributed by atoms with E-state index in [4.69, 9.17) is 17.5 Å². The maximum atomic E-state index is 10.2. The van der Waals surface area contributed by atoms with Crippen LogP contribution in [-0.2, 0) is 29.5 Å². The molecule has 0 saturated carbocycles. The number of esters is 2. The molecule has 0 aliphatic heterocycles. The van der Waals surface area contributed by atoms with Gasteiger partial charge in [-0.25, -0.2) is 4.79 Å². The molecule has 0 radical (unpaired) electrons. The molecule has 0 spiro atoms. The van der Waals surface area contributed by atoms with Crippen molar-refractivity contribution in [2.45, 2.75) is 13.8 Å². The van der Waals surface area contributed by atoms with Gasteiger partial charge in [-0.05, 0) is 0 Å². The fraction of sp³-hybridized carbons (Fsp3) is 0.400. The second kappa shape index (κ2) is 6.86. The van der Waals surface area contributed by atoms with E-state index in [0.29, 0.717) is 0 Å². The van der Waals surface area contributed by atoms with Crippen LogP contribution in [0.1, 0.15) is 13.8 Å². The zero-order valence-corrected chi connectivity index (χ0v) is 8.48. The van der Waals surface area contributed by atoms with E-state index >= 15 is 0 Å². The molecule has 10 heteroatoms. The Bertz CT molecular complexity index is 314. The summed E-state index contributed by atoms with van der Waals surface area (Å²) in [5.74, 6) is -1.63. The summed E-state index contributed by atoms with van der Waals surface area (Å²) in [6.45, 7) is 2.06. The summed E-state index contributed by atoms with van der Waals surface area (Å²) in [7, 11) is -4.67. The summed E-state index contributed by atoms with van der Waals surface area (Å²) in [5.41, 5.74) is 0. The van der Waals surface area contributed by atoms with Gasteiger partial charge in [0.25, 0.3) is 0 Å². The van der Waals surface area contributed by atoms with Crippen LogP contribution in [0.5, 0.6) is 0 Å². The van der Waals surface area contributed by atoms with Crippen LogP contribution in [0.2, 0.25) is 0 Å². The standard InChI is InChI=1S/C5H6O5.H2O4S/c1-3(6)9-5(8)10-4(2)7;1-5(2,3)4/h1-2H3;(H2,1,2,3,4). The van der Waals surface area contributed by atoms with Crippen molar-refractivity contribution in [3.05, 3.63) is 0 Å². The van der Waals surface area contributed by atoms with Crippen molar-refractivity contribution in [3.8, 4) is 0 Å². The number of hydrogen-bond acceptors (Lipinski definition) is 7. The molecule has 15 heavy (non-hydrogen) atoms. The molecule has 0 fully saturated rings. The smallest absolute Gasteiger partial charge is 0.361 e. The van der Waals surface area contributed by atoms with Crippen molar-refractivity contribution >= 4 is 28.5 Å². The maximum absolute atomic E-state index is 10.2. The minimum atomic E-state index is -4.67. The van der Waals surface area contributed by atoms with Crippen molar-refractivity contribution in [1.82, 2.24) is 0 Å². The molecule has 0 aliphatic carbocycles. The molecule has 0 aromatic rings. The fourth-order valence-corrected chi connectivity index (χ4v) is 0.256. The van der Waals surface area contributed by atoms with E-state index in [-0.39, 0.29) is 0 Å². The largest absolute Gasteiger partial charge is 0.524 e. The van der Waals surface area contributed by atoms with Crippen molar-refractivity contribution in [1.29, 1.82) is 0 Å². The minimum Gasteiger partial charge on any atom is -0.361 e. The van der Waals surface area contributed by atoms with E-state index in [1.54, 1.807) is 0 Å². The maximum Gasteiger partial charge on any atom is 0.524 e. The van der Waals surface area contributed by atoms with E-state index in [2.05, 4.69) is 9.47 Å². The van der Waals surface area contributed by atoms with Gasteiger partial charge in [0.2, 0.25) is 0 Å². The lowest BCUT2D eigenvalue weighted by Gasteiger charge is -1.95. The number of ether oxygens (including phenoxy) is 2. The fourth-order valence-electron chi connectivity index (χ4n) is 0.256. The number of carbonyl (C=O) groups excluding carboxylic acids is 3. The SMILES string of the molecule is CC(=O)OC(=O)OC(C)=O.O=S(=O)(O)O. The van der Waals surface area contributed by atoms with Crippen LogP contribution in [0, 0.1) is 0 Å². The summed E-state index contributed by atoms with van der Waals surface area (Å²) in [4.78, 5) is 30.2. The Morgan fingerprint density at radius 3 is 1.27 bits per heavy atom. The Balaban J connectivity index is 0. The molecular formula is C5H8O9S. The van der Waals surface area contributed by atoms with Crippen LogP contribution in [0.15, 0.2) is 0 Å². The third-order valence-electron chi connectivity index (χ3n) is 0.454. The molecule has 0 bridgehead atoms. The van der Waals surface area contributed by atoms with Crippen LogP contribution in [0.3, 0.4) is 0 Å². The summed E-state index contributed by atoms with van der Waals surface area (Å²) < 4.78 is 39.3. The van der Waals surface area contributed by atoms with Gasteiger partial charge >= 0.3 is 28.5 Å². The second-order valence-corrected chi connectivity index (χ2v) is 2.78. The first kappa shape index (κ1) is 15.9. The highest BCUT2D eigenvalue weighted by Crippen LogP contribution is 1.85. The summed E-state index contributed by atoms with van der Waals surface area (Å²) >= 11 is 0. The highest BCUT2D eigenvalue weighted by Gasteiger charge is 2.08. The van der Waals surface area contributed by atoms with Crippen LogP contribution >= 0.6 is 0 Å². The predicted molar refractivity (Wildman–Crippen MR) is 43.1 cm³/mol. The lowest BCUT2D eigenvalue weighted by molar-refractivity contribution is -0.143. The molecular weight excluding hydrogens is 236 g/mol. The van der Waals surface area contributed by atoms with Gasteiger partial charge in [0.05, 0.1) is 0 Å². The van der Waals surface area contributed by atoms with Gasteiger partial charge in [0, 0.05) is 13.8 Å². The van der Waals surface area contributed by atoms with Crippen LogP contribution in [0.4, 0.5) is 4.79 Å². The van der Waals surface area contributed by atoms with Gasteiger partial charge < -0.3 is 9.47 Å². The van der Waals surface area contributed by atoms with Gasteiger partial charge in [0.1, 0.15) is 0 Å². The van der Waals surface area contributed by atoms with Crippen molar-refractivity contribution in [3.63, 3.8) is 0 Å². The Morgan fingerprint density at radius 1 is 0.933 bits per heavy atom. The molecule has 2 N–H and O–H groups in total. The molecule has 0 aromatic carbocycles. The second-order valence-electron chi connectivity index (χ2n) is 1.89. The third-order valence-corrected chi connectivity index (χ3v) is 0.454. The monoisotopic (exact) mass is 244 g/mol. The zero-order valence-electron chi connectivity index (χ0n) is 7.66. The highest BCUT2D eigenvalue weighted by atomic mass is 32.3. The van der Waals surface area contributed by atoms with Gasteiger partial charge in [-0.15, -0.1) is 0 Å². The topological polar surface area (TPSA) is 144 Å². The number of carbonyl (C=O) groups is 3. The predicted octanol–water partition coefficient (Wildman–Crippen LogP) is -0.420. The Morgan fingerprint density at radius 2 is 1.13 bits per heavy atom. The van der Waals surface area contributed by atoms with E-state index in [1.807, 2.05) is 0 Å². The molecule has 0 aromatic heterocycles. The zero-order chi connectivity index (χ0) is 12.6. The Kier molecular flexibility index (Phi) is 7.29. The first-order valence-corrected chi connectivity index (χ1v) is 4.52. The van der Waals surface area contributed by atoms with E-state index in [9.17, 15) is 14.4 Å². The molecule has 0 aliphatic rings. The van der Waals surface area contributed by atoms with Crippen LogP contribution in [0.25, 0.3) is 0 Å². The molecule has 0 unspecified atom stereocenters. The molecule has 0 rings (SSSR count). The van der Waals surface area contributed by atoms with Crippen LogP contribution < -0.4 is 0 Å². The number of rotatable bonds is 0. The quantitative estimate of drug-likeness (QED) is 0.329. The summed E-state index contributed by atoms with van der Waals surface area (Å²) in [6.07, 6.45) is -1.29. The minimum absolute atomic E-state index is 0.814. The van der Waals surface area contributed by atoms with E-state index < -0.39 is 28.5 Å². The summed E-state index contributed by atoms with van der Waals surface area (Å²) in [6, 6.07) is 0. The normalized spacial score (nSPS) is 9.33. The lowest BCUT2D eigenvalue weighted by atomic mass is 10.8. The van der Waals surface area contributed by atoms with Crippen molar-refractivity contribution < 1.29 is 41.4 Å².